The molecule has 0 fully saturated rings. The van der Waals surface area contributed by atoms with Crippen molar-refractivity contribution in [3.8, 4) is 5.75 Å². The van der Waals surface area contributed by atoms with Gasteiger partial charge in [-0.3, -0.25) is 4.79 Å². The molecule has 29 heavy (non-hydrogen) atoms. The molecule has 1 atom stereocenters. The van der Waals surface area contributed by atoms with Gasteiger partial charge in [0.1, 0.15) is 12.3 Å². The number of carbonyl (C=O) groups is 2. The first-order chi connectivity index (χ1) is 13.9. The van der Waals surface area contributed by atoms with Crippen LogP contribution in [0.5, 0.6) is 5.75 Å². The zero-order valence-electron chi connectivity index (χ0n) is 15.7. The lowest BCUT2D eigenvalue weighted by Gasteiger charge is -2.28. The second-order valence-electron chi connectivity index (χ2n) is 6.72. The summed E-state index contributed by atoms with van der Waals surface area (Å²) in [5.74, 6) is -2.16. The number of nitrogens with zero attached hydrogens (tertiary/aromatic N) is 3. The fourth-order valence-electron chi connectivity index (χ4n) is 3.30. The predicted octanol–water partition coefficient (Wildman–Crippen LogP) is -1.53. The number of benzene rings is 1. The average molecular weight is 402 g/mol. The van der Waals surface area contributed by atoms with Crippen LogP contribution in [0.4, 0.5) is 0 Å². The molecule has 11 nitrogen and oxygen atoms in total. The third kappa shape index (κ3) is 4.55. The van der Waals surface area contributed by atoms with Crippen LogP contribution < -0.4 is 21.4 Å². The molecule has 1 aliphatic rings. The van der Waals surface area contributed by atoms with Gasteiger partial charge in [-0.05, 0) is 37.4 Å². The van der Waals surface area contributed by atoms with Crippen LogP contribution in [0.25, 0.3) is 0 Å². The smallest absolute Gasteiger partial charge is 0.534 e. The number of para-hydroxylation sites is 1. The first-order valence-electron chi connectivity index (χ1n) is 9.25. The molecule has 1 aliphatic heterocycles. The van der Waals surface area contributed by atoms with Crippen LogP contribution in [0.1, 0.15) is 33.7 Å². The highest BCUT2D eigenvalue weighted by Gasteiger charge is 2.37. The van der Waals surface area contributed by atoms with Crippen LogP contribution in [0.15, 0.2) is 18.2 Å². The highest BCUT2D eigenvalue weighted by molar-refractivity contribution is 6.47. The van der Waals surface area contributed by atoms with E-state index in [0.29, 0.717) is 30.6 Å². The highest BCUT2D eigenvalue weighted by atomic mass is 16.5. The minimum atomic E-state index is -1.38. The van der Waals surface area contributed by atoms with Gasteiger partial charge in [-0.1, -0.05) is 17.3 Å². The molecule has 2 aromatic rings. The Morgan fingerprint density at radius 1 is 1.38 bits per heavy atom. The van der Waals surface area contributed by atoms with E-state index in [9.17, 15) is 19.7 Å². The fraction of sp³-hybridized carbons (Fsp3) is 0.412. The molecule has 1 aromatic heterocycles. The number of nitrogens with one attached hydrogen (secondary N) is 1. The van der Waals surface area contributed by atoms with E-state index in [-0.39, 0.29) is 30.8 Å². The standard InChI is InChI=1S/C17H23BN6O5/c19-6-2-5-13-12(8-20)22-23-24(13)9-15(25)21-14-7-10-3-1-4-11(17(26)27)16(10)29-18(14)28/h1,3-4,14,28H,2,5-9,19-20H2,(H,21,25)(H,26,27). The summed E-state index contributed by atoms with van der Waals surface area (Å²) in [5.41, 5.74) is 13.2. The maximum Gasteiger partial charge on any atom is 0.547 e. The lowest BCUT2D eigenvalue weighted by molar-refractivity contribution is -0.122. The number of carboxylic acid groups (broad SMARTS) is 1. The van der Waals surface area contributed by atoms with Crippen LogP contribution in [-0.4, -0.2) is 56.6 Å². The van der Waals surface area contributed by atoms with Crippen LogP contribution in [0.3, 0.4) is 0 Å². The largest absolute Gasteiger partial charge is 0.547 e. The Balaban J connectivity index is 1.70. The molecule has 0 saturated carbocycles. The van der Waals surface area contributed by atoms with E-state index < -0.39 is 24.9 Å². The Labute approximate surface area is 167 Å². The fourth-order valence-corrected chi connectivity index (χ4v) is 3.30. The Morgan fingerprint density at radius 3 is 2.86 bits per heavy atom. The summed E-state index contributed by atoms with van der Waals surface area (Å²) >= 11 is 0. The summed E-state index contributed by atoms with van der Waals surface area (Å²) in [6.45, 7) is 0.599. The van der Waals surface area contributed by atoms with Crippen molar-refractivity contribution in [3.63, 3.8) is 0 Å². The van der Waals surface area contributed by atoms with Gasteiger partial charge in [0.05, 0.1) is 22.9 Å². The van der Waals surface area contributed by atoms with E-state index in [4.69, 9.17) is 16.1 Å². The molecule has 7 N–H and O–H groups in total. The zero-order valence-corrected chi connectivity index (χ0v) is 15.7. The van der Waals surface area contributed by atoms with E-state index in [2.05, 4.69) is 15.6 Å². The first-order valence-corrected chi connectivity index (χ1v) is 9.25. The minimum absolute atomic E-state index is 0.0344. The minimum Gasteiger partial charge on any atom is -0.534 e. The molecular formula is C17H23BN6O5. The van der Waals surface area contributed by atoms with Gasteiger partial charge >= 0.3 is 13.1 Å². The Hall–Kier alpha value is -2.96. The normalized spacial score (nSPS) is 15.6. The summed E-state index contributed by atoms with van der Waals surface area (Å²) in [7, 11) is -1.38. The summed E-state index contributed by atoms with van der Waals surface area (Å²) < 4.78 is 6.85. The van der Waals surface area contributed by atoms with Gasteiger partial charge in [-0.2, -0.15) is 0 Å². The van der Waals surface area contributed by atoms with Gasteiger partial charge in [0, 0.05) is 6.54 Å². The number of rotatable bonds is 8. The maximum atomic E-state index is 12.5. The number of carbonyl (C=O) groups excluding carboxylic acids is 1. The highest BCUT2D eigenvalue weighted by Crippen LogP contribution is 2.30. The monoisotopic (exact) mass is 402 g/mol. The van der Waals surface area contributed by atoms with Crippen LogP contribution in [0.2, 0.25) is 0 Å². The quantitative estimate of drug-likeness (QED) is 0.327. The van der Waals surface area contributed by atoms with E-state index in [1.807, 2.05) is 0 Å². The van der Waals surface area contributed by atoms with Crippen molar-refractivity contribution in [2.45, 2.75) is 38.3 Å². The molecule has 1 amide bonds. The number of hydrogen-bond donors (Lipinski definition) is 5. The Morgan fingerprint density at radius 2 is 2.17 bits per heavy atom. The summed E-state index contributed by atoms with van der Waals surface area (Å²) in [5, 5.41) is 30.2. The number of hydrogen-bond acceptors (Lipinski definition) is 8. The lowest BCUT2D eigenvalue weighted by Crippen LogP contribution is -2.53. The molecule has 1 unspecified atom stereocenters. The molecule has 3 rings (SSSR count). The second-order valence-corrected chi connectivity index (χ2v) is 6.72. The number of amides is 1. The molecule has 0 spiro atoms. The summed E-state index contributed by atoms with van der Waals surface area (Å²) in [6.07, 6.45) is 1.54. The zero-order chi connectivity index (χ0) is 21.0. The number of nitrogens with two attached hydrogens (primary N) is 2. The molecule has 12 heteroatoms. The Kier molecular flexibility index (Phi) is 6.47. The number of fused-ring (bicyclic) bond motifs is 1. The third-order valence-electron chi connectivity index (χ3n) is 4.72. The predicted molar refractivity (Wildman–Crippen MR) is 103 cm³/mol. The number of aromatic nitrogens is 3. The maximum absolute atomic E-state index is 12.5. The molecule has 154 valence electrons. The number of aromatic carboxylic acids is 1. The van der Waals surface area contributed by atoms with Crippen molar-refractivity contribution < 1.29 is 24.4 Å². The van der Waals surface area contributed by atoms with Gasteiger partial charge in [0.15, 0.2) is 0 Å². The lowest BCUT2D eigenvalue weighted by atomic mass is 9.72. The molecule has 0 bridgehead atoms. The Bertz CT molecular complexity index is 904. The van der Waals surface area contributed by atoms with Crippen molar-refractivity contribution in [1.82, 2.24) is 20.3 Å². The van der Waals surface area contributed by atoms with Gasteiger partial charge in [-0.15, -0.1) is 5.10 Å². The van der Waals surface area contributed by atoms with E-state index in [1.54, 1.807) is 12.1 Å². The summed E-state index contributed by atoms with van der Waals surface area (Å²) in [4.78, 5) is 23.8. The van der Waals surface area contributed by atoms with Crippen molar-refractivity contribution >= 4 is 19.0 Å². The second kappa shape index (κ2) is 9.03. The molecule has 1 aromatic carbocycles. The molecule has 2 heterocycles. The SMILES string of the molecule is NCCCc1c(CN)nnn1CC(=O)NC1Cc2cccc(C(=O)O)c2OB1O. The van der Waals surface area contributed by atoms with E-state index in [0.717, 1.165) is 5.69 Å². The average Bonchev–Trinajstić information content (AvgIpc) is 3.07. The van der Waals surface area contributed by atoms with Gasteiger partial charge in [0.25, 0.3) is 0 Å². The van der Waals surface area contributed by atoms with Gasteiger partial charge in [-0.25, -0.2) is 9.48 Å². The van der Waals surface area contributed by atoms with E-state index >= 15 is 0 Å². The van der Waals surface area contributed by atoms with Crippen LogP contribution in [-0.2, 0) is 30.7 Å². The van der Waals surface area contributed by atoms with E-state index in [1.165, 1.54) is 10.7 Å². The molecule has 0 radical (unpaired) electrons. The number of carboxylic acids is 1. The molecular weight excluding hydrogens is 379 g/mol. The van der Waals surface area contributed by atoms with Gasteiger partial charge < -0.3 is 31.6 Å². The van der Waals surface area contributed by atoms with Gasteiger partial charge in [0.2, 0.25) is 5.91 Å². The van der Waals surface area contributed by atoms with Crippen LogP contribution >= 0.6 is 0 Å². The summed E-state index contributed by atoms with van der Waals surface area (Å²) in [6, 6.07) is 4.69. The van der Waals surface area contributed by atoms with Crippen LogP contribution in [0, 0.1) is 0 Å². The first kappa shape index (κ1) is 20.8. The topological polar surface area (TPSA) is 179 Å². The van der Waals surface area contributed by atoms with Crippen molar-refractivity contribution in [3.05, 3.63) is 40.7 Å². The third-order valence-corrected chi connectivity index (χ3v) is 4.72. The van der Waals surface area contributed by atoms with Crippen molar-refractivity contribution in [2.24, 2.45) is 11.5 Å². The molecule has 0 saturated heterocycles. The molecule has 0 aliphatic carbocycles. The van der Waals surface area contributed by atoms with Crippen molar-refractivity contribution in [2.75, 3.05) is 6.54 Å². The van der Waals surface area contributed by atoms with Crippen molar-refractivity contribution in [1.29, 1.82) is 0 Å².